The van der Waals surface area contributed by atoms with E-state index in [2.05, 4.69) is 5.32 Å². The van der Waals surface area contributed by atoms with E-state index < -0.39 is 54.5 Å². The van der Waals surface area contributed by atoms with Crippen LogP contribution in [0, 0.1) is 0 Å². The quantitative estimate of drug-likeness (QED) is 0.400. The molecule has 1 fully saturated rings. The molecular weight excluding hydrogens is 462 g/mol. The number of hydrogen-bond donors (Lipinski definition) is 1. The van der Waals surface area contributed by atoms with Gasteiger partial charge in [0.25, 0.3) is 0 Å². The Morgan fingerprint density at radius 1 is 0.971 bits per heavy atom. The highest BCUT2D eigenvalue weighted by molar-refractivity contribution is 5.73. The zero-order chi connectivity index (χ0) is 26.1. The molecule has 1 aliphatic heterocycles. The van der Waals surface area contributed by atoms with Gasteiger partial charge < -0.3 is 33.7 Å². The smallest absolute Gasteiger partial charge is 0.303 e. The molecule has 1 aliphatic rings. The number of amides is 1. The van der Waals surface area contributed by atoms with Crippen LogP contribution in [-0.4, -0.2) is 68.2 Å². The van der Waals surface area contributed by atoms with E-state index in [0.717, 1.165) is 5.56 Å². The number of allylic oxidation sites excluding steroid dienone is 1. The fourth-order valence-corrected chi connectivity index (χ4v) is 3.59. The number of rotatable bonds is 9. The summed E-state index contributed by atoms with van der Waals surface area (Å²) in [7, 11) is 1.47. The molecule has 5 atom stereocenters. The van der Waals surface area contributed by atoms with Gasteiger partial charge in [0, 0.05) is 27.7 Å². The number of hydrogen-bond acceptors (Lipinski definition) is 10. The van der Waals surface area contributed by atoms with Crippen LogP contribution in [0.1, 0.15) is 40.2 Å². The first kappa shape index (κ1) is 27.6. The van der Waals surface area contributed by atoms with Gasteiger partial charge in [-0.05, 0) is 24.6 Å². The Kier molecular flexibility index (Phi) is 10.1. The van der Waals surface area contributed by atoms with E-state index in [1.54, 1.807) is 18.2 Å². The summed E-state index contributed by atoms with van der Waals surface area (Å²) in [5.74, 6) is -1.79. The fourth-order valence-electron chi connectivity index (χ4n) is 3.59. The van der Waals surface area contributed by atoms with Crippen LogP contribution in [0.2, 0.25) is 0 Å². The second kappa shape index (κ2) is 12.7. The number of carbonyl (C=O) groups excluding carboxylic acids is 4. The summed E-state index contributed by atoms with van der Waals surface area (Å²) in [6.07, 6.45) is -0.990. The summed E-state index contributed by atoms with van der Waals surface area (Å²) in [4.78, 5) is 47.3. The lowest BCUT2D eigenvalue weighted by Gasteiger charge is -2.44. The second-order valence-corrected chi connectivity index (χ2v) is 7.75. The van der Waals surface area contributed by atoms with Crippen molar-refractivity contribution in [2.75, 3.05) is 13.7 Å². The summed E-state index contributed by atoms with van der Waals surface area (Å²) in [6.45, 7) is 6.36. The van der Waals surface area contributed by atoms with E-state index in [-0.39, 0.29) is 12.4 Å². The van der Waals surface area contributed by atoms with Crippen LogP contribution in [0.4, 0.5) is 0 Å². The van der Waals surface area contributed by atoms with Crippen molar-refractivity contribution < 1.29 is 47.6 Å². The average molecular weight is 494 g/mol. The third kappa shape index (κ3) is 7.99. The predicted octanol–water partition coefficient (Wildman–Crippen LogP) is 1.76. The van der Waals surface area contributed by atoms with Gasteiger partial charge in [0.1, 0.15) is 18.8 Å². The molecular formula is C24H31NO10. The molecule has 11 heteroatoms. The first-order valence-corrected chi connectivity index (χ1v) is 10.9. The summed E-state index contributed by atoms with van der Waals surface area (Å²) >= 11 is 0. The lowest BCUT2D eigenvalue weighted by molar-refractivity contribution is -0.257. The van der Waals surface area contributed by atoms with Crippen LogP contribution in [0.25, 0.3) is 6.08 Å². The Hall–Kier alpha value is -3.60. The van der Waals surface area contributed by atoms with Crippen LogP contribution in [0.5, 0.6) is 11.5 Å². The Labute approximate surface area is 203 Å². The number of methoxy groups -OCH3 is 1. The second-order valence-electron chi connectivity index (χ2n) is 7.75. The van der Waals surface area contributed by atoms with Crippen LogP contribution in [0.3, 0.4) is 0 Å². The normalized spacial score (nSPS) is 23.8. The molecule has 11 nitrogen and oxygen atoms in total. The molecule has 0 aromatic heterocycles. The van der Waals surface area contributed by atoms with E-state index in [4.69, 9.17) is 28.4 Å². The maximum absolute atomic E-state index is 12.0. The first-order valence-electron chi connectivity index (χ1n) is 10.9. The first-order chi connectivity index (χ1) is 16.5. The van der Waals surface area contributed by atoms with Crippen molar-refractivity contribution in [3.63, 3.8) is 0 Å². The monoisotopic (exact) mass is 493 g/mol. The minimum absolute atomic E-state index is 0.278. The predicted molar refractivity (Wildman–Crippen MR) is 122 cm³/mol. The largest absolute Gasteiger partial charge is 0.493 e. The molecule has 2 rings (SSSR count). The maximum atomic E-state index is 12.0. The Balaban J connectivity index is 2.51. The van der Waals surface area contributed by atoms with Gasteiger partial charge in [-0.25, -0.2) is 0 Å². The van der Waals surface area contributed by atoms with Gasteiger partial charge in [0.2, 0.25) is 12.2 Å². The molecule has 35 heavy (non-hydrogen) atoms. The van der Waals surface area contributed by atoms with Crippen molar-refractivity contribution in [2.24, 2.45) is 0 Å². The summed E-state index contributed by atoms with van der Waals surface area (Å²) in [6, 6.07) is 4.10. The summed E-state index contributed by atoms with van der Waals surface area (Å²) in [5, 5.41) is 2.65. The van der Waals surface area contributed by atoms with Crippen molar-refractivity contribution in [3.05, 3.63) is 29.8 Å². The molecule has 0 aliphatic carbocycles. The molecule has 192 valence electrons. The Morgan fingerprint density at radius 2 is 1.63 bits per heavy atom. The lowest BCUT2D eigenvalue weighted by atomic mass is 9.96. The third-order valence-electron chi connectivity index (χ3n) is 4.86. The highest BCUT2D eigenvalue weighted by Crippen LogP contribution is 2.34. The van der Waals surface area contributed by atoms with E-state index in [0.29, 0.717) is 5.75 Å². The van der Waals surface area contributed by atoms with E-state index >= 15 is 0 Å². The molecule has 1 amide bonds. The van der Waals surface area contributed by atoms with Gasteiger partial charge in [-0.15, -0.1) is 0 Å². The topological polar surface area (TPSA) is 136 Å². The average Bonchev–Trinajstić information content (AvgIpc) is 2.76. The zero-order valence-electron chi connectivity index (χ0n) is 20.6. The molecule has 0 bridgehead atoms. The van der Waals surface area contributed by atoms with Gasteiger partial charge in [-0.3, -0.25) is 19.2 Å². The molecule has 1 aromatic rings. The van der Waals surface area contributed by atoms with Crippen LogP contribution >= 0.6 is 0 Å². The maximum Gasteiger partial charge on any atom is 0.303 e. The minimum atomic E-state index is -1.24. The highest BCUT2D eigenvalue weighted by atomic mass is 16.7. The highest BCUT2D eigenvalue weighted by Gasteiger charge is 2.52. The third-order valence-corrected chi connectivity index (χ3v) is 4.86. The van der Waals surface area contributed by atoms with Gasteiger partial charge in [-0.1, -0.05) is 18.2 Å². The van der Waals surface area contributed by atoms with Crippen molar-refractivity contribution in [3.8, 4) is 11.5 Å². The number of carbonyl (C=O) groups is 4. The van der Waals surface area contributed by atoms with E-state index in [1.807, 2.05) is 19.1 Å². The number of benzene rings is 1. The Bertz CT molecular complexity index is 960. The van der Waals surface area contributed by atoms with Crippen molar-refractivity contribution in [1.29, 1.82) is 0 Å². The standard InChI is InChI=1S/C24H31NO10/c1-7-8-17-9-10-18(19(11-17)30-6)34-24-21(25-13(2)26)23(33-16(5)29)22(32-15(4)28)20(35-24)12-31-14(3)27/h7-11,20-24H,12H2,1-6H3,(H,25,26)/b8-7+/t20-,21+,22-,23+,24+/m1/s1. The molecule has 0 unspecified atom stereocenters. The molecule has 1 N–H and O–H groups in total. The van der Waals surface area contributed by atoms with Crippen LogP contribution < -0.4 is 14.8 Å². The molecule has 1 heterocycles. The van der Waals surface area contributed by atoms with Crippen LogP contribution in [-0.2, 0) is 38.1 Å². The van der Waals surface area contributed by atoms with Crippen LogP contribution in [0.15, 0.2) is 24.3 Å². The van der Waals surface area contributed by atoms with Crippen molar-refractivity contribution >= 4 is 29.9 Å². The Morgan fingerprint density at radius 3 is 2.17 bits per heavy atom. The van der Waals surface area contributed by atoms with Gasteiger partial charge >= 0.3 is 17.9 Å². The number of esters is 3. The summed E-state index contributed by atoms with van der Waals surface area (Å²) in [5.41, 5.74) is 0.861. The van der Waals surface area contributed by atoms with Gasteiger partial charge in [0.05, 0.1) is 7.11 Å². The molecule has 0 radical (unpaired) electrons. The minimum Gasteiger partial charge on any atom is -0.493 e. The zero-order valence-corrected chi connectivity index (χ0v) is 20.6. The van der Waals surface area contributed by atoms with Crippen molar-refractivity contribution in [1.82, 2.24) is 5.32 Å². The lowest BCUT2D eigenvalue weighted by Crippen LogP contribution is -2.67. The van der Waals surface area contributed by atoms with E-state index in [1.165, 1.54) is 34.8 Å². The molecule has 1 aromatic carbocycles. The van der Waals surface area contributed by atoms with Gasteiger partial charge in [-0.2, -0.15) is 0 Å². The van der Waals surface area contributed by atoms with Gasteiger partial charge in [0.15, 0.2) is 23.7 Å². The molecule has 1 saturated heterocycles. The summed E-state index contributed by atoms with van der Waals surface area (Å²) < 4.78 is 33.4. The number of nitrogens with one attached hydrogen (secondary N) is 1. The molecule has 0 saturated carbocycles. The fraction of sp³-hybridized carbons (Fsp3) is 0.500. The van der Waals surface area contributed by atoms with Crippen molar-refractivity contribution in [2.45, 2.75) is 65.3 Å². The SMILES string of the molecule is C/C=C/c1ccc(O[C@H]2O[C@H](COC(C)=O)[C@@H](OC(C)=O)[C@@H](OC(C)=O)[C@@H]2NC(C)=O)c(OC)c1. The van der Waals surface area contributed by atoms with E-state index in [9.17, 15) is 19.2 Å². The number of ether oxygens (including phenoxy) is 6. The molecule has 0 spiro atoms.